The molecule has 1 unspecified atom stereocenters. The quantitative estimate of drug-likeness (QED) is 0.695. The Morgan fingerprint density at radius 2 is 1.67 bits per heavy atom. The van der Waals surface area contributed by atoms with E-state index in [4.69, 9.17) is 4.55 Å². The van der Waals surface area contributed by atoms with Gasteiger partial charge in [-0.3, -0.25) is 0 Å². The van der Waals surface area contributed by atoms with Crippen LogP contribution in [0.25, 0.3) is 0 Å². The molecule has 1 N–H and O–H groups in total. The Labute approximate surface area is 78.0 Å². The molecule has 0 aliphatic rings. The van der Waals surface area contributed by atoms with E-state index in [1.54, 1.807) is 0 Å². The predicted molar refractivity (Wildman–Crippen MR) is 53.5 cm³/mol. The second kappa shape index (κ2) is 3.88. The number of rotatable bonds is 4. The third-order valence-electron chi connectivity index (χ3n) is 2.33. The Kier molecular flexibility index (Phi) is 3.91. The van der Waals surface area contributed by atoms with Gasteiger partial charge in [0.25, 0.3) is 0 Å². The summed E-state index contributed by atoms with van der Waals surface area (Å²) in [5.41, 5.74) is 0.155. The summed E-state index contributed by atoms with van der Waals surface area (Å²) in [6.45, 7) is 10.0. The largest absolute Gasteiger partial charge is 0.306 e. The van der Waals surface area contributed by atoms with Gasteiger partial charge >= 0.3 is 0 Å². The zero-order valence-electron chi connectivity index (χ0n) is 8.68. The van der Waals surface area contributed by atoms with Crippen LogP contribution in [0.15, 0.2) is 0 Å². The summed E-state index contributed by atoms with van der Waals surface area (Å²) >= 11 is -1.72. The van der Waals surface area contributed by atoms with E-state index in [1.807, 2.05) is 13.8 Å². The summed E-state index contributed by atoms with van der Waals surface area (Å²) in [4.78, 5) is 0. The number of hydrogen-bond donors (Lipinski definition) is 1. The van der Waals surface area contributed by atoms with Crippen molar-refractivity contribution in [2.75, 3.05) is 0 Å². The maximum atomic E-state index is 10.9. The molecule has 0 rings (SSSR count). The van der Waals surface area contributed by atoms with E-state index in [1.165, 1.54) is 0 Å². The topological polar surface area (TPSA) is 37.3 Å². The molecular formula is C9H20O2S. The highest BCUT2D eigenvalue weighted by Crippen LogP contribution is 2.33. The first-order valence-electron chi connectivity index (χ1n) is 4.32. The normalized spacial score (nSPS) is 16.2. The molecule has 0 radical (unpaired) electrons. The molecule has 0 fully saturated rings. The molecule has 0 aromatic carbocycles. The van der Waals surface area contributed by atoms with Crippen molar-refractivity contribution in [1.82, 2.24) is 0 Å². The monoisotopic (exact) mass is 192 g/mol. The lowest BCUT2D eigenvalue weighted by atomic mass is 9.81. The maximum absolute atomic E-state index is 10.9. The van der Waals surface area contributed by atoms with Gasteiger partial charge in [0.2, 0.25) is 0 Å². The fraction of sp³-hybridized carbons (Fsp3) is 1.00. The molecule has 0 aliphatic heterocycles. The van der Waals surface area contributed by atoms with Crippen LogP contribution in [-0.2, 0) is 11.1 Å². The lowest BCUT2D eigenvalue weighted by Gasteiger charge is -2.31. The van der Waals surface area contributed by atoms with Crippen LogP contribution < -0.4 is 0 Å². The van der Waals surface area contributed by atoms with Crippen molar-refractivity contribution in [2.45, 2.75) is 52.2 Å². The van der Waals surface area contributed by atoms with Crippen LogP contribution >= 0.6 is 0 Å². The van der Waals surface area contributed by atoms with Crippen LogP contribution in [0.3, 0.4) is 0 Å². The Bertz CT molecular complexity index is 173. The molecule has 0 saturated heterocycles. The molecule has 0 amide bonds. The highest BCUT2D eigenvalue weighted by atomic mass is 32.2. The highest BCUT2D eigenvalue weighted by Gasteiger charge is 2.32. The predicted octanol–water partition coefficient (Wildman–Crippen LogP) is 2.81. The molecule has 0 aromatic heterocycles. The van der Waals surface area contributed by atoms with Crippen molar-refractivity contribution in [2.24, 2.45) is 5.41 Å². The van der Waals surface area contributed by atoms with Gasteiger partial charge in [-0.15, -0.1) is 0 Å². The van der Waals surface area contributed by atoms with Gasteiger partial charge in [-0.05, 0) is 25.7 Å². The fourth-order valence-electron chi connectivity index (χ4n) is 1.34. The van der Waals surface area contributed by atoms with E-state index >= 15 is 0 Å². The minimum absolute atomic E-state index is 0.155. The Morgan fingerprint density at radius 3 is 1.92 bits per heavy atom. The zero-order valence-corrected chi connectivity index (χ0v) is 9.49. The van der Waals surface area contributed by atoms with Crippen LogP contribution in [0.1, 0.15) is 47.5 Å². The Hall–Kier alpha value is 0.110. The van der Waals surface area contributed by atoms with E-state index in [2.05, 4.69) is 20.8 Å². The van der Waals surface area contributed by atoms with Gasteiger partial charge in [-0.1, -0.05) is 27.2 Å². The molecule has 0 heterocycles. The van der Waals surface area contributed by atoms with Crippen molar-refractivity contribution >= 4 is 11.1 Å². The molecule has 3 heteroatoms. The fourth-order valence-corrected chi connectivity index (χ4v) is 1.85. The van der Waals surface area contributed by atoms with E-state index in [-0.39, 0.29) is 5.41 Å². The standard InChI is InChI=1S/C9H20O2S/c1-6-8(2,3)7-9(4,5)12(10)11/h6-7H2,1-5H3,(H,10,11). The van der Waals surface area contributed by atoms with Crippen LogP contribution in [0.2, 0.25) is 0 Å². The van der Waals surface area contributed by atoms with Gasteiger partial charge in [0.1, 0.15) is 0 Å². The summed E-state index contributed by atoms with van der Waals surface area (Å²) in [5.74, 6) is 0. The highest BCUT2D eigenvalue weighted by molar-refractivity contribution is 7.80. The van der Waals surface area contributed by atoms with Gasteiger partial charge < -0.3 is 4.55 Å². The minimum atomic E-state index is -1.72. The molecule has 0 aromatic rings. The Morgan fingerprint density at radius 1 is 1.25 bits per heavy atom. The molecule has 2 nitrogen and oxygen atoms in total. The van der Waals surface area contributed by atoms with Gasteiger partial charge in [-0.25, -0.2) is 4.21 Å². The molecule has 12 heavy (non-hydrogen) atoms. The first kappa shape index (κ1) is 12.1. The van der Waals surface area contributed by atoms with Crippen molar-refractivity contribution in [1.29, 1.82) is 0 Å². The molecule has 74 valence electrons. The van der Waals surface area contributed by atoms with Crippen LogP contribution in [0, 0.1) is 5.41 Å². The average Bonchev–Trinajstić information content (AvgIpc) is 1.85. The first-order valence-corrected chi connectivity index (χ1v) is 5.43. The summed E-state index contributed by atoms with van der Waals surface area (Å²) in [5, 5.41) is 0. The van der Waals surface area contributed by atoms with Gasteiger partial charge in [-0.2, -0.15) is 0 Å². The zero-order chi connectivity index (χ0) is 9.99. The van der Waals surface area contributed by atoms with Crippen LogP contribution in [0.4, 0.5) is 0 Å². The average molecular weight is 192 g/mol. The van der Waals surface area contributed by atoms with Crippen molar-refractivity contribution in [3.05, 3.63) is 0 Å². The van der Waals surface area contributed by atoms with Crippen molar-refractivity contribution < 1.29 is 8.76 Å². The lowest BCUT2D eigenvalue weighted by Crippen LogP contribution is -2.32. The SMILES string of the molecule is CCC(C)(C)CC(C)(C)S(=O)O. The second-order valence-corrected chi connectivity index (χ2v) is 6.31. The first-order chi connectivity index (χ1) is 5.21. The third kappa shape index (κ3) is 3.68. The second-order valence-electron chi connectivity index (χ2n) is 4.70. The van der Waals surface area contributed by atoms with Crippen molar-refractivity contribution in [3.63, 3.8) is 0 Å². The summed E-state index contributed by atoms with van der Waals surface area (Å²) in [6, 6.07) is 0. The summed E-state index contributed by atoms with van der Waals surface area (Å²) in [7, 11) is 0. The van der Waals surface area contributed by atoms with Gasteiger partial charge in [0, 0.05) is 0 Å². The molecule has 0 saturated carbocycles. The van der Waals surface area contributed by atoms with Crippen molar-refractivity contribution in [3.8, 4) is 0 Å². The molecule has 0 bridgehead atoms. The maximum Gasteiger partial charge on any atom is 0.158 e. The third-order valence-corrected chi connectivity index (χ3v) is 3.42. The molecule has 1 atom stereocenters. The van der Waals surface area contributed by atoms with E-state index in [9.17, 15) is 4.21 Å². The summed E-state index contributed by atoms with van der Waals surface area (Å²) in [6.07, 6.45) is 1.81. The minimum Gasteiger partial charge on any atom is -0.306 e. The smallest absolute Gasteiger partial charge is 0.158 e. The molecule has 0 aliphatic carbocycles. The van der Waals surface area contributed by atoms with E-state index in [0.717, 1.165) is 12.8 Å². The van der Waals surface area contributed by atoms with Crippen LogP contribution in [-0.4, -0.2) is 13.5 Å². The van der Waals surface area contributed by atoms with E-state index < -0.39 is 15.8 Å². The van der Waals surface area contributed by atoms with Crippen LogP contribution in [0.5, 0.6) is 0 Å². The lowest BCUT2D eigenvalue weighted by molar-refractivity contribution is 0.283. The molecular weight excluding hydrogens is 172 g/mol. The molecule has 0 spiro atoms. The van der Waals surface area contributed by atoms with E-state index in [0.29, 0.717) is 0 Å². The van der Waals surface area contributed by atoms with Gasteiger partial charge in [0.05, 0.1) is 4.75 Å². The Balaban J connectivity index is 4.34. The summed E-state index contributed by atoms with van der Waals surface area (Å²) < 4.78 is 19.5. The van der Waals surface area contributed by atoms with Gasteiger partial charge in [0.15, 0.2) is 11.1 Å². The number of hydrogen-bond acceptors (Lipinski definition) is 1.